The van der Waals surface area contributed by atoms with Crippen LogP contribution in [0.3, 0.4) is 0 Å². The number of thiazole rings is 1. The third-order valence-corrected chi connectivity index (χ3v) is 5.42. The van der Waals surface area contributed by atoms with Gasteiger partial charge in [0.15, 0.2) is 5.13 Å². The maximum Gasteiger partial charge on any atom is 0.226 e. The van der Waals surface area contributed by atoms with E-state index in [0.717, 1.165) is 36.7 Å². The quantitative estimate of drug-likeness (QED) is 0.211. The van der Waals surface area contributed by atoms with Crippen molar-refractivity contribution in [3.63, 3.8) is 0 Å². The van der Waals surface area contributed by atoms with Crippen LogP contribution in [0.5, 0.6) is 0 Å². The Balaban J connectivity index is 1.95. The van der Waals surface area contributed by atoms with E-state index in [0.29, 0.717) is 11.6 Å². The van der Waals surface area contributed by atoms with E-state index >= 15 is 0 Å². The van der Waals surface area contributed by atoms with Crippen LogP contribution < -0.4 is 5.32 Å². The zero-order valence-corrected chi connectivity index (χ0v) is 19.3. The topological polar surface area (TPSA) is 42.0 Å². The van der Waals surface area contributed by atoms with E-state index in [9.17, 15) is 4.79 Å². The van der Waals surface area contributed by atoms with Crippen molar-refractivity contribution in [1.82, 2.24) is 4.98 Å². The molecule has 1 rings (SSSR count). The molecule has 1 amide bonds. The molecule has 1 heterocycles. The fraction of sp³-hybridized carbons (Fsp3) is 0.478. The van der Waals surface area contributed by atoms with Crippen molar-refractivity contribution in [2.45, 2.75) is 71.1 Å². The van der Waals surface area contributed by atoms with Crippen molar-refractivity contribution in [3.05, 3.63) is 58.6 Å². The summed E-state index contributed by atoms with van der Waals surface area (Å²) in [7, 11) is 0. The second-order valence-electron chi connectivity index (χ2n) is 6.50. The minimum Gasteiger partial charge on any atom is -0.302 e. The van der Waals surface area contributed by atoms with Gasteiger partial charge in [0.2, 0.25) is 5.91 Å². The highest BCUT2D eigenvalue weighted by atomic mass is 79.9. The first kappa shape index (κ1) is 24.6. The monoisotopic (exact) mass is 464 g/mol. The number of hydrogen-bond donors (Lipinski definition) is 1. The molecule has 0 aliphatic heterocycles. The molecule has 0 aliphatic rings. The largest absolute Gasteiger partial charge is 0.302 e. The number of amides is 1. The summed E-state index contributed by atoms with van der Waals surface area (Å²) >= 11 is 4.70. The predicted octanol–water partition coefficient (Wildman–Crippen LogP) is 7.99. The number of halogens is 1. The summed E-state index contributed by atoms with van der Waals surface area (Å²) in [4.78, 5) is 15.9. The standard InChI is InChI=1S/C23H33BrN2OS/c1-2-3-4-5-6-7-8-9-10-11-12-13-14-15-16-17-18-19-22(27)26-23-25-21(24)20-28-23/h6-7,9-10,12-13,15-16,20H,2-5,8,11,14,17-19H2,1H3,(H,25,26,27). The van der Waals surface area contributed by atoms with Crippen LogP contribution in [0.4, 0.5) is 5.13 Å². The average Bonchev–Trinajstić information content (AvgIpc) is 3.08. The van der Waals surface area contributed by atoms with Crippen LogP contribution in [0, 0.1) is 0 Å². The van der Waals surface area contributed by atoms with E-state index in [1.54, 1.807) is 0 Å². The van der Waals surface area contributed by atoms with E-state index < -0.39 is 0 Å². The molecule has 0 atom stereocenters. The van der Waals surface area contributed by atoms with E-state index in [4.69, 9.17) is 0 Å². The molecule has 0 aromatic carbocycles. The lowest BCUT2D eigenvalue weighted by molar-refractivity contribution is -0.116. The molecule has 0 fully saturated rings. The molecule has 3 nitrogen and oxygen atoms in total. The van der Waals surface area contributed by atoms with Crippen molar-refractivity contribution in [2.75, 3.05) is 5.32 Å². The minimum atomic E-state index is 0.0257. The Morgan fingerprint density at radius 1 is 0.964 bits per heavy atom. The summed E-state index contributed by atoms with van der Waals surface area (Å²) in [5.41, 5.74) is 0. The lowest BCUT2D eigenvalue weighted by atomic mass is 10.2. The van der Waals surface area contributed by atoms with Gasteiger partial charge in [0.25, 0.3) is 0 Å². The molecule has 1 N–H and O–H groups in total. The summed E-state index contributed by atoms with van der Waals surface area (Å²) < 4.78 is 0.758. The Labute approximate surface area is 182 Å². The van der Waals surface area contributed by atoms with Gasteiger partial charge >= 0.3 is 0 Å². The molecule has 1 aromatic heterocycles. The number of aromatic nitrogens is 1. The van der Waals surface area contributed by atoms with E-state index in [1.165, 1.54) is 37.0 Å². The summed E-state index contributed by atoms with van der Waals surface area (Å²) in [6.07, 6.45) is 28.1. The number of allylic oxidation sites excluding steroid dienone is 8. The van der Waals surface area contributed by atoms with E-state index in [1.807, 2.05) is 5.38 Å². The molecule has 1 aromatic rings. The Hall–Kier alpha value is -1.46. The molecule has 28 heavy (non-hydrogen) atoms. The highest BCUT2D eigenvalue weighted by molar-refractivity contribution is 9.10. The third-order valence-electron chi connectivity index (χ3n) is 3.95. The number of nitrogens with one attached hydrogen (secondary N) is 1. The zero-order valence-electron chi connectivity index (χ0n) is 16.9. The molecule has 154 valence electrons. The molecule has 0 saturated heterocycles. The zero-order chi connectivity index (χ0) is 20.3. The molecular formula is C23H33BrN2OS. The first-order chi connectivity index (χ1) is 13.7. The Bertz CT molecular complexity index is 647. The smallest absolute Gasteiger partial charge is 0.226 e. The van der Waals surface area contributed by atoms with Crippen molar-refractivity contribution in [1.29, 1.82) is 0 Å². The molecule has 0 bridgehead atoms. The van der Waals surface area contributed by atoms with Gasteiger partial charge in [-0.1, -0.05) is 68.4 Å². The van der Waals surface area contributed by atoms with Gasteiger partial charge in [-0.05, 0) is 60.9 Å². The van der Waals surface area contributed by atoms with Crippen LogP contribution in [0.2, 0.25) is 0 Å². The van der Waals surface area contributed by atoms with Crippen LogP contribution in [0.1, 0.15) is 71.1 Å². The number of carbonyl (C=O) groups is 1. The lowest BCUT2D eigenvalue weighted by Crippen LogP contribution is -2.10. The SMILES string of the molecule is CCCCCC=CCC=CCC=CCC=CCCCC(=O)Nc1nc(Br)cs1. The second kappa shape index (κ2) is 17.6. The van der Waals surface area contributed by atoms with Gasteiger partial charge in [-0.25, -0.2) is 4.98 Å². The Morgan fingerprint density at radius 2 is 1.54 bits per heavy atom. The van der Waals surface area contributed by atoms with Crippen LogP contribution in [0.25, 0.3) is 0 Å². The predicted molar refractivity (Wildman–Crippen MR) is 127 cm³/mol. The van der Waals surface area contributed by atoms with Crippen LogP contribution in [-0.2, 0) is 4.79 Å². The molecule has 0 unspecified atom stereocenters. The molecule has 0 spiro atoms. The van der Waals surface area contributed by atoms with E-state index in [2.05, 4.69) is 81.8 Å². The molecule has 0 saturated carbocycles. The maximum atomic E-state index is 11.8. The first-order valence-electron chi connectivity index (χ1n) is 10.2. The molecular weight excluding hydrogens is 432 g/mol. The van der Waals surface area contributed by atoms with Crippen molar-refractivity contribution < 1.29 is 4.79 Å². The maximum absolute atomic E-state index is 11.8. The highest BCUT2D eigenvalue weighted by Gasteiger charge is 2.04. The van der Waals surface area contributed by atoms with Gasteiger partial charge in [0, 0.05) is 11.8 Å². The third kappa shape index (κ3) is 14.6. The normalized spacial score (nSPS) is 12.2. The van der Waals surface area contributed by atoms with Gasteiger partial charge in [-0.3, -0.25) is 4.79 Å². The van der Waals surface area contributed by atoms with Crippen molar-refractivity contribution in [2.24, 2.45) is 0 Å². The number of carbonyl (C=O) groups excluding carboxylic acids is 1. The fourth-order valence-corrected chi connectivity index (χ4v) is 3.60. The summed E-state index contributed by atoms with van der Waals surface area (Å²) in [6.45, 7) is 2.24. The molecule has 0 aliphatic carbocycles. The number of anilines is 1. The Kier molecular flexibility index (Phi) is 15.5. The minimum absolute atomic E-state index is 0.0257. The van der Waals surface area contributed by atoms with Gasteiger partial charge < -0.3 is 5.32 Å². The molecule has 0 radical (unpaired) electrons. The highest BCUT2D eigenvalue weighted by Crippen LogP contribution is 2.19. The molecule has 5 heteroatoms. The van der Waals surface area contributed by atoms with E-state index in [-0.39, 0.29) is 5.91 Å². The van der Waals surface area contributed by atoms with Crippen LogP contribution >= 0.6 is 27.3 Å². The number of nitrogens with zero attached hydrogens (tertiary/aromatic N) is 1. The summed E-state index contributed by atoms with van der Waals surface area (Å²) in [5.74, 6) is 0.0257. The fourth-order valence-electron chi connectivity index (χ4n) is 2.43. The number of unbranched alkanes of at least 4 members (excludes halogenated alkanes) is 4. The summed E-state index contributed by atoms with van der Waals surface area (Å²) in [6, 6.07) is 0. The average molecular weight is 466 g/mol. The van der Waals surface area contributed by atoms with Gasteiger partial charge in [-0.15, -0.1) is 11.3 Å². The first-order valence-corrected chi connectivity index (χ1v) is 11.9. The number of hydrogen-bond acceptors (Lipinski definition) is 3. The summed E-state index contributed by atoms with van der Waals surface area (Å²) in [5, 5.41) is 5.31. The van der Waals surface area contributed by atoms with Crippen LogP contribution in [0.15, 0.2) is 58.6 Å². The van der Waals surface area contributed by atoms with Gasteiger partial charge in [0.1, 0.15) is 4.60 Å². The van der Waals surface area contributed by atoms with Gasteiger partial charge in [0.05, 0.1) is 0 Å². The van der Waals surface area contributed by atoms with Crippen LogP contribution in [-0.4, -0.2) is 10.9 Å². The number of rotatable bonds is 15. The Morgan fingerprint density at radius 3 is 2.07 bits per heavy atom. The van der Waals surface area contributed by atoms with Crippen molar-refractivity contribution in [3.8, 4) is 0 Å². The van der Waals surface area contributed by atoms with Gasteiger partial charge in [-0.2, -0.15) is 0 Å². The lowest BCUT2D eigenvalue weighted by Gasteiger charge is -1.99. The second-order valence-corrected chi connectivity index (χ2v) is 8.17. The van der Waals surface area contributed by atoms with Crippen molar-refractivity contribution >= 4 is 38.3 Å².